The highest BCUT2D eigenvalue weighted by molar-refractivity contribution is 5.28. The van der Waals surface area contributed by atoms with E-state index in [1.54, 1.807) is 0 Å². The van der Waals surface area contributed by atoms with Crippen LogP contribution in [-0.2, 0) is 6.54 Å². The van der Waals surface area contributed by atoms with Crippen molar-refractivity contribution in [2.75, 3.05) is 12.3 Å². The quantitative estimate of drug-likeness (QED) is 0.595. The summed E-state index contributed by atoms with van der Waals surface area (Å²) in [6, 6.07) is 0. The van der Waals surface area contributed by atoms with E-state index in [1.165, 1.54) is 4.68 Å². The number of hydrogen-bond donors (Lipinski definition) is 2. The second-order valence-corrected chi connectivity index (χ2v) is 1.82. The third-order valence-corrected chi connectivity index (χ3v) is 1.15. The average molecular weight is 145 g/mol. The summed E-state index contributed by atoms with van der Waals surface area (Å²) in [6.45, 7) is 0.140. The molecule has 0 bridgehead atoms. The zero-order valence-corrected chi connectivity index (χ0v) is 5.29. The van der Waals surface area contributed by atoms with E-state index in [0.717, 1.165) is 6.20 Å². The minimum absolute atomic E-state index is 0.0333. The number of hydrogen-bond acceptors (Lipinski definition) is 3. The summed E-state index contributed by atoms with van der Waals surface area (Å²) in [7, 11) is 0. The molecule has 1 heterocycles. The molecule has 1 aromatic rings. The Hall–Kier alpha value is -1.10. The molecule has 3 N–H and O–H groups in total. The number of nitrogens with two attached hydrogens (primary N) is 1. The Balaban J connectivity index is 2.83. The molecule has 1 aromatic heterocycles. The van der Waals surface area contributed by atoms with E-state index >= 15 is 0 Å². The number of halogens is 1. The number of aromatic nitrogens is 2. The lowest BCUT2D eigenvalue weighted by atomic mass is 10.6. The van der Waals surface area contributed by atoms with E-state index in [2.05, 4.69) is 5.10 Å². The fourth-order valence-electron chi connectivity index (χ4n) is 0.645. The van der Waals surface area contributed by atoms with Gasteiger partial charge in [0.15, 0.2) is 11.6 Å². The predicted molar refractivity (Wildman–Crippen MR) is 33.7 cm³/mol. The molecule has 0 aliphatic carbocycles. The zero-order valence-electron chi connectivity index (χ0n) is 5.29. The Morgan fingerprint density at radius 2 is 2.50 bits per heavy atom. The highest BCUT2D eigenvalue weighted by Crippen LogP contribution is 2.06. The molecule has 0 fully saturated rings. The van der Waals surface area contributed by atoms with Gasteiger partial charge >= 0.3 is 0 Å². The average Bonchev–Trinajstić information content (AvgIpc) is 2.20. The van der Waals surface area contributed by atoms with Crippen molar-refractivity contribution < 1.29 is 9.50 Å². The summed E-state index contributed by atoms with van der Waals surface area (Å²) in [6.07, 6.45) is 1.02. The number of nitrogen functional groups attached to an aromatic ring is 1. The van der Waals surface area contributed by atoms with Crippen LogP contribution >= 0.6 is 0 Å². The van der Waals surface area contributed by atoms with E-state index in [9.17, 15) is 4.39 Å². The molecule has 0 aromatic carbocycles. The van der Waals surface area contributed by atoms with Crippen LogP contribution in [0.4, 0.5) is 10.2 Å². The van der Waals surface area contributed by atoms with Crippen LogP contribution in [0, 0.1) is 5.82 Å². The van der Waals surface area contributed by atoms with Crippen molar-refractivity contribution in [1.82, 2.24) is 9.78 Å². The van der Waals surface area contributed by atoms with Gasteiger partial charge in [-0.05, 0) is 0 Å². The molecule has 0 atom stereocenters. The van der Waals surface area contributed by atoms with Gasteiger partial charge in [0.1, 0.15) is 0 Å². The zero-order chi connectivity index (χ0) is 7.56. The number of aliphatic hydroxyl groups excluding tert-OH is 1. The normalized spacial score (nSPS) is 10.2. The molecular formula is C5H8FN3O. The first-order chi connectivity index (χ1) is 4.75. The van der Waals surface area contributed by atoms with Gasteiger partial charge in [-0.15, -0.1) is 0 Å². The summed E-state index contributed by atoms with van der Waals surface area (Å²) in [5.74, 6) is -0.581. The van der Waals surface area contributed by atoms with Crippen LogP contribution in [0.3, 0.4) is 0 Å². The van der Waals surface area contributed by atoms with Crippen LogP contribution in [-0.4, -0.2) is 21.5 Å². The largest absolute Gasteiger partial charge is 0.394 e. The van der Waals surface area contributed by atoms with Crippen molar-refractivity contribution in [2.45, 2.75) is 6.54 Å². The molecule has 0 aliphatic heterocycles. The van der Waals surface area contributed by atoms with Gasteiger partial charge in [0.05, 0.1) is 19.3 Å². The summed E-state index contributed by atoms with van der Waals surface area (Å²) in [5, 5.41) is 12.0. The topological polar surface area (TPSA) is 64.1 Å². The maximum Gasteiger partial charge on any atom is 0.184 e. The van der Waals surface area contributed by atoms with Crippen LogP contribution in [0.25, 0.3) is 0 Å². The number of anilines is 1. The van der Waals surface area contributed by atoms with E-state index in [-0.39, 0.29) is 19.0 Å². The molecule has 0 saturated heterocycles. The van der Waals surface area contributed by atoms with Crippen molar-refractivity contribution in [1.29, 1.82) is 0 Å². The summed E-state index contributed by atoms with van der Waals surface area (Å²) in [5.41, 5.74) is 5.20. The fraction of sp³-hybridized carbons (Fsp3) is 0.400. The minimum atomic E-state index is -0.548. The maximum atomic E-state index is 12.4. The van der Waals surface area contributed by atoms with Gasteiger partial charge in [0.2, 0.25) is 0 Å². The standard InChI is InChI=1S/C5H8FN3O/c6-4-3-8-9(1-2-10)5(4)7/h3,10H,1-2,7H2. The predicted octanol–water partition coefficient (Wildman–Crippen LogP) is -0.403. The van der Waals surface area contributed by atoms with Crippen LogP contribution < -0.4 is 5.73 Å². The summed E-state index contributed by atoms with van der Waals surface area (Å²) in [4.78, 5) is 0. The third-order valence-electron chi connectivity index (χ3n) is 1.15. The lowest BCUT2D eigenvalue weighted by molar-refractivity contribution is 0.270. The van der Waals surface area contributed by atoms with Crippen molar-refractivity contribution in [3.63, 3.8) is 0 Å². The highest BCUT2D eigenvalue weighted by atomic mass is 19.1. The lowest BCUT2D eigenvalue weighted by Gasteiger charge is -1.98. The van der Waals surface area contributed by atoms with Crippen molar-refractivity contribution in [3.05, 3.63) is 12.0 Å². The number of rotatable bonds is 2. The Morgan fingerprint density at radius 1 is 1.80 bits per heavy atom. The van der Waals surface area contributed by atoms with Crippen molar-refractivity contribution in [3.8, 4) is 0 Å². The molecule has 10 heavy (non-hydrogen) atoms. The molecule has 0 saturated carbocycles. The summed E-state index contributed by atoms with van der Waals surface area (Å²) < 4.78 is 13.6. The lowest BCUT2D eigenvalue weighted by Crippen LogP contribution is -2.07. The maximum absolute atomic E-state index is 12.4. The SMILES string of the molecule is Nc1c(F)cnn1CCO. The van der Waals surface area contributed by atoms with Crippen molar-refractivity contribution >= 4 is 5.82 Å². The van der Waals surface area contributed by atoms with E-state index in [4.69, 9.17) is 10.8 Å². The molecule has 4 nitrogen and oxygen atoms in total. The molecule has 0 spiro atoms. The molecular weight excluding hydrogens is 137 g/mol. The Kier molecular flexibility index (Phi) is 1.86. The monoisotopic (exact) mass is 145 g/mol. The first-order valence-corrected chi connectivity index (χ1v) is 2.83. The van der Waals surface area contributed by atoms with E-state index in [1.807, 2.05) is 0 Å². The van der Waals surface area contributed by atoms with E-state index < -0.39 is 5.82 Å². The Labute approximate surface area is 57.1 Å². The first-order valence-electron chi connectivity index (χ1n) is 2.83. The van der Waals surface area contributed by atoms with Gasteiger partial charge in [0, 0.05) is 0 Å². The first kappa shape index (κ1) is 7.01. The highest BCUT2D eigenvalue weighted by Gasteiger charge is 2.03. The van der Waals surface area contributed by atoms with Gasteiger partial charge in [0.25, 0.3) is 0 Å². The van der Waals surface area contributed by atoms with Gasteiger partial charge in [-0.3, -0.25) is 0 Å². The molecule has 0 amide bonds. The minimum Gasteiger partial charge on any atom is -0.394 e. The Bertz CT molecular complexity index is 223. The fourth-order valence-corrected chi connectivity index (χ4v) is 0.645. The smallest absolute Gasteiger partial charge is 0.184 e. The van der Waals surface area contributed by atoms with Gasteiger partial charge in [-0.2, -0.15) is 5.10 Å². The van der Waals surface area contributed by atoms with E-state index in [0.29, 0.717) is 0 Å². The van der Waals surface area contributed by atoms with Crippen LogP contribution in [0.1, 0.15) is 0 Å². The molecule has 1 rings (SSSR count). The van der Waals surface area contributed by atoms with Crippen LogP contribution in [0.15, 0.2) is 6.20 Å². The van der Waals surface area contributed by atoms with Gasteiger partial charge in [-0.1, -0.05) is 0 Å². The number of aliphatic hydroxyl groups is 1. The van der Waals surface area contributed by atoms with Crippen molar-refractivity contribution in [2.24, 2.45) is 0 Å². The molecule has 5 heteroatoms. The molecule has 0 unspecified atom stereocenters. The number of nitrogens with zero attached hydrogens (tertiary/aromatic N) is 2. The van der Waals surface area contributed by atoms with Gasteiger partial charge < -0.3 is 10.8 Å². The second-order valence-electron chi connectivity index (χ2n) is 1.82. The molecule has 0 radical (unpaired) electrons. The third kappa shape index (κ3) is 1.08. The Morgan fingerprint density at radius 3 is 2.90 bits per heavy atom. The van der Waals surface area contributed by atoms with Gasteiger partial charge in [-0.25, -0.2) is 9.07 Å². The summed E-state index contributed by atoms with van der Waals surface area (Å²) >= 11 is 0. The molecule has 56 valence electrons. The molecule has 0 aliphatic rings. The second kappa shape index (κ2) is 2.66. The van der Waals surface area contributed by atoms with Crippen LogP contribution in [0.5, 0.6) is 0 Å². The van der Waals surface area contributed by atoms with Crippen LogP contribution in [0.2, 0.25) is 0 Å².